The van der Waals surface area contributed by atoms with Crippen molar-refractivity contribution >= 4 is 42.0 Å². The lowest BCUT2D eigenvalue weighted by atomic mass is 9.87. The molecular weight excluding hydrogens is 1520 g/mol. The molecule has 6 heterocycles. The highest BCUT2D eigenvalue weighted by Crippen LogP contribution is 2.43. The lowest BCUT2D eigenvalue weighted by Gasteiger charge is -2.53. The number of aliphatic hydroxyl groups excluding tert-OH is 18. The van der Waals surface area contributed by atoms with Crippen LogP contribution in [-0.2, 0) is 95.1 Å². The highest BCUT2D eigenvalue weighted by Gasteiger charge is 2.64. The molecule has 0 bridgehead atoms. The number of aliphatic hydroxyl groups is 18. The van der Waals surface area contributed by atoms with Gasteiger partial charge in [-0.1, -0.05) is 83.3 Å². The quantitative estimate of drug-likeness (QED) is 0.0116. The average Bonchev–Trinajstić information content (AvgIpc) is 0.744. The Morgan fingerprint density at radius 1 is 0.504 bits per heavy atom. The van der Waals surface area contributed by atoms with Gasteiger partial charge in [-0.05, 0) is 12.8 Å². The Balaban J connectivity index is 1.38. The van der Waals surface area contributed by atoms with Gasteiger partial charge in [-0.3, -0.25) is 24.0 Å². The van der Waals surface area contributed by atoms with E-state index in [9.17, 15) is 136 Å². The molecular formula is C69H116N4O40. The largest absolute Gasteiger partial charge is 0.477 e. The maximum Gasteiger partial charge on any atom is 0.364 e. The highest BCUT2D eigenvalue weighted by molar-refractivity contribution is 5.78. The third-order valence-corrected chi connectivity index (χ3v) is 20.3. The van der Waals surface area contributed by atoms with E-state index in [1.54, 1.807) is 6.08 Å². The summed E-state index contributed by atoms with van der Waals surface area (Å²) in [6.07, 6.45) is -48.8. The minimum Gasteiger partial charge on any atom is -0.477 e. The zero-order valence-corrected chi connectivity index (χ0v) is 63.2. The molecule has 113 heavy (non-hydrogen) atoms. The van der Waals surface area contributed by atoms with Crippen LogP contribution in [0.5, 0.6) is 0 Å². The predicted molar refractivity (Wildman–Crippen MR) is 371 cm³/mol. The Morgan fingerprint density at radius 2 is 0.973 bits per heavy atom. The molecule has 4 amide bonds. The van der Waals surface area contributed by atoms with Gasteiger partial charge in [-0.15, -0.1) is 0 Å². The molecule has 24 N–H and O–H groups in total. The number of amides is 4. The Kier molecular flexibility index (Phi) is 39.1. The second-order valence-electron chi connectivity index (χ2n) is 28.8. The number of carbonyl (C=O) groups is 7. The number of esters is 1. The summed E-state index contributed by atoms with van der Waals surface area (Å²) >= 11 is 0. The average molecular weight is 1640 g/mol. The molecule has 0 aliphatic carbocycles. The van der Waals surface area contributed by atoms with E-state index in [-0.39, 0.29) is 6.41 Å². The first-order valence-corrected chi connectivity index (χ1v) is 37.6. The summed E-state index contributed by atoms with van der Waals surface area (Å²) in [7, 11) is 0. The van der Waals surface area contributed by atoms with Crippen molar-refractivity contribution in [2.24, 2.45) is 0 Å². The van der Waals surface area contributed by atoms with Crippen LogP contribution >= 0.6 is 0 Å². The first kappa shape index (κ1) is 96.7. The number of rotatable bonds is 45. The number of carboxylic acids is 2. The lowest BCUT2D eigenvalue weighted by molar-refractivity contribution is -0.404. The molecule has 0 aromatic rings. The van der Waals surface area contributed by atoms with E-state index in [0.29, 0.717) is 6.42 Å². The molecule has 0 aromatic heterocycles. The molecule has 6 aliphatic heterocycles. The Hall–Kier alpha value is -5.17. The van der Waals surface area contributed by atoms with Crippen LogP contribution < -0.4 is 21.3 Å². The van der Waals surface area contributed by atoms with E-state index in [4.69, 9.17) is 61.6 Å². The molecule has 652 valence electrons. The number of nitrogens with one attached hydrogen (secondary N) is 4. The van der Waals surface area contributed by atoms with Crippen molar-refractivity contribution in [1.29, 1.82) is 0 Å². The van der Waals surface area contributed by atoms with Crippen LogP contribution in [0.15, 0.2) is 12.2 Å². The van der Waals surface area contributed by atoms with E-state index in [1.165, 1.54) is 44.6 Å². The van der Waals surface area contributed by atoms with Crippen molar-refractivity contribution in [3.63, 3.8) is 0 Å². The first-order valence-electron chi connectivity index (χ1n) is 37.6. The molecule has 0 spiro atoms. The van der Waals surface area contributed by atoms with Gasteiger partial charge >= 0.3 is 17.9 Å². The number of ether oxygens (including phenoxy) is 13. The van der Waals surface area contributed by atoms with Crippen LogP contribution in [0.2, 0.25) is 0 Å². The summed E-state index contributed by atoms with van der Waals surface area (Å²) in [5, 5.41) is 234. The standard InChI is InChI=1S/C69H116N4O40/c1-6-7-8-9-10-11-12-13-14-15-16-17-18-19-35(85)34(70-29-80)28-101-63-53(95)51(93)56(42(26-78)105-63)107-65-54(96)61(57(43(27-79)106-65)108-62-46(73-32(4)83)58(48(90)40(24-76)103-62)109-64-52(94)50(92)47(89)39(23-75)104-64)113-69(67(99)100)21-36(86)44(71-30(2)81)59(111-69)49(91)41(25-77)110-68(66(97)98)20-37(87)45(72-31(3)82)60(112-68)55(38(88)22-74)102-33(5)84/h18-19,29,34-65,74-79,85-96H,6-17,20-28H2,1-5H3,(H,70,80)(H,71,81)(H,72,82)(H,73,83)(H,97,98)(H,99,100)/b19-18+/t34-,35+,36-,37-,38+,39+,40+,41+,42+,43+,44+,45+,46+,47-,48-,49+,50-,51+,52+,53+,54+,55+,56+,57-,58+,59+,60+,61+,62-,63+,64-,65-,68+,69-/m0/s1. The maximum absolute atomic E-state index is 14.3. The van der Waals surface area contributed by atoms with Crippen LogP contribution in [0.3, 0.4) is 0 Å². The van der Waals surface area contributed by atoms with Gasteiger partial charge in [0, 0.05) is 40.5 Å². The summed E-state index contributed by atoms with van der Waals surface area (Å²) in [4.78, 5) is 90.8. The zero-order valence-electron chi connectivity index (χ0n) is 63.2. The Morgan fingerprint density at radius 3 is 1.50 bits per heavy atom. The van der Waals surface area contributed by atoms with Crippen LogP contribution in [0.25, 0.3) is 0 Å². The van der Waals surface area contributed by atoms with Gasteiger partial charge in [-0.2, -0.15) is 0 Å². The predicted octanol–water partition coefficient (Wildman–Crippen LogP) is -9.93. The summed E-state index contributed by atoms with van der Waals surface area (Å²) in [5.74, 6) is -16.0. The lowest BCUT2D eigenvalue weighted by Crippen LogP contribution is -2.73. The van der Waals surface area contributed by atoms with Gasteiger partial charge in [0.05, 0.1) is 82.7 Å². The number of hydrogen-bond donors (Lipinski definition) is 24. The van der Waals surface area contributed by atoms with Crippen molar-refractivity contribution in [3.8, 4) is 0 Å². The smallest absolute Gasteiger partial charge is 0.364 e. The molecule has 34 atom stereocenters. The Labute approximate surface area is 649 Å². The molecule has 6 aliphatic rings. The van der Waals surface area contributed by atoms with Crippen LogP contribution in [0.1, 0.15) is 125 Å². The second kappa shape index (κ2) is 45.7. The van der Waals surface area contributed by atoms with E-state index in [2.05, 4.69) is 28.2 Å². The Bertz CT molecular complexity index is 2970. The van der Waals surface area contributed by atoms with Crippen LogP contribution in [0.4, 0.5) is 0 Å². The van der Waals surface area contributed by atoms with E-state index in [1.807, 2.05) is 0 Å². The van der Waals surface area contributed by atoms with E-state index in [0.717, 1.165) is 59.8 Å². The second-order valence-corrected chi connectivity index (χ2v) is 28.8. The van der Waals surface area contributed by atoms with Gasteiger partial charge in [0.1, 0.15) is 128 Å². The number of carboxylic acid groups (broad SMARTS) is 2. The number of aliphatic carboxylic acids is 2. The van der Waals surface area contributed by atoms with Gasteiger partial charge < -0.3 is 185 Å². The minimum absolute atomic E-state index is 0.263. The molecule has 0 saturated carbocycles. The molecule has 44 nitrogen and oxygen atoms in total. The maximum atomic E-state index is 14.3. The number of unbranched alkanes of at least 4 members (excludes halogenated alkanes) is 11. The van der Waals surface area contributed by atoms with Crippen molar-refractivity contribution in [1.82, 2.24) is 21.3 Å². The topological polar surface area (TPSA) is 692 Å². The monoisotopic (exact) mass is 1640 g/mol. The minimum atomic E-state index is -3.71. The van der Waals surface area contributed by atoms with Gasteiger partial charge in [0.2, 0.25) is 24.1 Å². The fourth-order valence-corrected chi connectivity index (χ4v) is 14.4. The van der Waals surface area contributed by atoms with Crippen molar-refractivity contribution in [2.45, 2.75) is 332 Å². The van der Waals surface area contributed by atoms with Crippen molar-refractivity contribution in [3.05, 3.63) is 12.2 Å². The molecule has 6 fully saturated rings. The molecule has 0 aromatic carbocycles. The molecule has 6 rings (SSSR count). The zero-order chi connectivity index (χ0) is 83.9. The van der Waals surface area contributed by atoms with E-state index >= 15 is 0 Å². The van der Waals surface area contributed by atoms with Gasteiger partial charge in [0.15, 0.2) is 31.3 Å². The van der Waals surface area contributed by atoms with Crippen LogP contribution in [0, 0.1) is 0 Å². The number of allylic oxidation sites excluding steroid dienone is 1. The molecule has 44 heteroatoms. The van der Waals surface area contributed by atoms with Crippen molar-refractivity contribution in [2.75, 3.05) is 46.2 Å². The van der Waals surface area contributed by atoms with Crippen molar-refractivity contribution < 1.29 is 197 Å². The summed E-state index contributed by atoms with van der Waals surface area (Å²) < 4.78 is 76.6. The van der Waals surface area contributed by atoms with Gasteiger partial charge in [-0.25, -0.2) is 9.59 Å². The summed E-state index contributed by atoms with van der Waals surface area (Å²) in [6, 6.07) is -7.20. The third kappa shape index (κ3) is 25.2. The fourth-order valence-electron chi connectivity index (χ4n) is 14.4. The SMILES string of the molecule is CCCCCCCCCCCCC/C=C/[C@@H](O)[C@H](CO[C@@H]1O[C@H](CO)[C@@H](O[C@@H]2O[C@H](CO)[C@H](O[C@@H]3O[C@H](CO)[C@H](O)[C@H](O[C@@H]4O[C@H](CO)[C@H](O)[C@H](O)[C@H]4O)[C@H]3NC(C)=O)[C@H](O[C@]3(C(=O)O)C[C@H](O)[C@@H](NC(C)=O)[C@H]([C@H](O)[C@@H](CO)O[C@]4(C(=O)O)C[C@H](O)[C@@H](NC(C)=O)[C@H]([C@H](OC(C)=O)[C@H](O)CO)O4)O3)[C@H]2O)[C@H](O)[C@H]1O)NC=O. The highest BCUT2D eigenvalue weighted by atomic mass is 16.8. The van der Waals surface area contributed by atoms with Crippen LogP contribution in [-0.4, -0.2) is 398 Å². The summed E-state index contributed by atoms with van der Waals surface area (Å²) in [5.41, 5.74) is 0. The first-order chi connectivity index (χ1) is 53.6. The molecule has 6 saturated heterocycles. The van der Waals surface area contributed by atoms with Gasteiger partial charge in [0.25, 0.3) is 11.6 Å². The van der Waals surface area contributed by atoms with E-state index < -0.39 is 302 Å². The number of carbonyl (C=O) groups excluding carboxylic acids is 5. The molecule has 0 unspecified atom stereocenters. The summed E-state index contributed by atoms with van der Waals surface area (Å²) in [6.45, 7) is -2.55. The fraction of sp³-hybridized carbons (Fsp3) is 0.870. The third-order valence-electron chi connectivity index (χ3n) is 20.3. The normalized spacial score (nSPS) is 37.9. The number of hydrogen-bond acceptors (Lipinski definition) is 38. The molecule has 0 radical (unpaired) electrons.